The molecule has 146 valence electrons. The van der Waals surface area contributed by atoms with E-state index in [4.69, 9.17) is 0 Å². The molecule has 0 spiro atoms. The van der Waals surface area contributed by atoms with E-state index in [-0.39, 0.29) is 18.4 Å². The van der Waals surface area contributed by atoms with Crippen molar-refractivity contribution in [2.24, 2.45) is 0 Å². The summed E-state index contributed by atoms with van der Waals surface area (Å²) in [6.45, 7) is 7.37. The van der Waals surface area contributed by atoms with Crippen molar-refractivity contribution in [2.75, 3.05) is 39.0 Å². The van der Waals surface area contributed by atoms with Gasteiger partial charge in [-0.2, -0.15) is 0 Å². The summed E-state index contributed by atoms with van der Waals surface area (Å²) in [5.41, 5.74) is 2.62. The zero-order valence-corrected chi connectivity index (χ0v) is 17.6. The number of carbonyl (C=O) groups is 2. The lowest BCUT2D eigenvalue weighted by Gasteiger charge is -2.22. The molecule has 6 nitrogen and oxygen atoms in total. The third-order valence-corrected chi connectivity index (χ3v) is 5.29. The zero-order valence-electron chi connectivity index (χ0n) is 16.8. The molecule has 0 aliphatic heterocycles. The van der Waals surface area contributed by atoms with Crippen LogP contribution in [0.15, 0.2) is 24.3 Å². The first-order valence-electron chi connectivity index (χ1n) is 9.15. The Labute approximate surface area is 165 Å². The summed E-state index contributed by atoms with van der Waals surface area (Å²) in [4.78, 5) is 33.7. The molecule has 0 fully saturated rings. The number of quaternary nitrogens is 1. The van der Waals surface area contributed by atoms with E-state index in [1.165, 1.54) is 16.2 Å². The molecule has 1 heterocycles. The molecule has 2 amide bonds. The Kier molecular flexibility index (Phi) is 7.50. The number of benzene rings is 1. The molecule has 0 aliphatic carbocycles. The summed E-state index contributed by atoms with van der Waals surface area (Å²) in [6.07, 6.45) is 0.836. The molecule has 0 unspecified atom stereocenters. The van der Waals surface area contributed by atoms with Gasteiger partial charge in [-0.15, -0.1) is 11.3 Å². The zero-order chi connectivity index (χ0) is 20.0. The van der Waals surface area contributed by atoms with E-state index in [2.05, 4.69) is 24.4 Å². The van der Waals surface area contributed by atoms with E-state index >= 15 is 0 Å². The predicted octanol–water partition coefficient (Wildman–Crippen LogP) is 1.68. The number of nitrogens with one attached hydrogen (secondary N) is 2. The van der Waals surface area contributed by atoms with Gasteiger partial charge in [-0.05, 0) is 32.9 Å². The molecule has 2 N–H and O–H groups in total. The Bertz CT molecular complexity index is 764. The summed E-state index contributed by atoms with van der Waals surface area (Å²) in [6, 6.07) is 7.45. The minimum Gasteiger partial charge on any atom is -0.340 e. The van der Waals surface area contributed by atoms with Crippen LogP contribution in [0.2, 0.25) is 0 Å². The molecular weight excluding hydrogens is 360 g/mol. The molecule has 7 heteroatoms. The lowest BCUT2D eigenvalue weighted by Crippen LogP contribution is -3.05. The van der Waals surface area contributed by atoms with Gasteiger partial charge in [0.1, 0.15) is 6.54 Å². The van der Waals surface area contributed by atoms with Crippen LogP contribution >= 0.6 is 11.3 Å². The van der Waals surface area contributed by atoms with Gasteiger partial charge in [0.05, 0.1) is 26.3 Å². The smallest absolute Gasteiger partial charge is 0.254 e. The molecule has 27 heavy (non-hydrogen) atoms. The van der Waals surface area contributed by atoms with Gasteiger partial charge in [-0.25, -0.2) is 4.98 Å². The maximum absolute atomic E-state index is 12.9. The molecule has 1 aromatic carbocycles. The van der Waals surface area contributed by atoms with E-state index in [1.807, 2.05) is 45.0 Å². The molecular formula is C20H29N4O2S+. The van der Waals surface area contributed by atoms with Crippen molar-refractivity contribution in [1.29, 1.82) is 0 Å². The van der Waals surface area contributed by atoms with Crippen LogP contribution in [-0.4, -0.2) is 55.4 Å². The fourth-order valence-corrected chi connectivity index (χ4v) is 3.44. The number of amides is 2. The number of aryl methyl sites for hydroxylation is 3. The minimum atomic E-state index is -0.221. The van der Waals surface area contributed by atoms with Gasteiger partial charge in [0, 0.05) is 23.4 Å². The Morgan fingerprint density at radius 3 is 2.37 bits per heavy atom. The lowest BCUT2D eigenvalue weighted by molar-refractivity contribution is -0.858. The minimum absolute atomic E-state index is 0.0210. The summed E-state index contributed by atoms with van der Waals surface area (Å²) in [5.74, 6) is -0.341. The van der Waals surface area contributed by atoms with Crippen LogP contribution in [0.25, 0.3) is 0 Å². The largest absolute Gasteiger partial charge is 0.340 e. The first kappa shape index (κ1) is 21.1. The van der Waals surface area contributed by atoms with E-state index in [0.717, 1.165) is 29.1 Å². The second kappa shape index (κ2) is 9.62. The summed E-state index contributed by atoms with van der Waals surface area (Å²) >= 11 is 1.45. The fraction of sp³-hybridized carbons (Fsp3) is 0.450. The van der Waals surface area contributed by atoms with Crippen molar-refractivity contribution in [3.05, 3.63) is 46.0 Å². The number of rotatable bonds is 8. The molecule has 0 radical (unpaired) electrons. The summed E-state index contributed by atoms with van der Waals surface area (Å²) < 4.78 is 0. The van der Waals surface area contributed by atoms with Gasteiger partial charge in [0.25, 0.3) is 5.91 Å². The van der Waals surface area contributed by atoms with Gasteiger partial charge < -0.3 is 15.1 Å². The highest BCUT2D eigenvalue weighted by molar-refractivity contribution is 7.15. The highest BCUT2D eigenvalue weighted by Gasteiger charge is 2.20. The van der Waals surface area contributed by atoms with Crippen LogP contribution in [0.5, 0.6) is 0 Å². The number of carbonyl (C=O) groups excluding carboxylic acids is 2. The van der Waals surface area contributed by atoms with Crippen LogP contribution in [0.4, 0.5) is 5.13 Å². The van der Waals surface area contributed by atoms with Crippen molar-refractivity contribution in [2.45, 2.75) is 27.2 Å². The quantitative estimate of drug-likeness (QED) is 0.722. The van der Waals surface area contributed by atoms with Gasteiger partial charge >= 0.3 is 0 Å². The maximum atomic E-state index is 12.9. The summed E-state index contributed by atoms with van der Waals surface area (Å²) in [5, 5.41) is 3.40. The van der Waals surface area contributed by atoms with Crippen molar-refractivity contribution < 1.29 is 14.5 Å². The average Bonchev–Trinajstić information content (AvgIpc) is 2.91. The van der Waals surface area contributed by atoms with Crippen LogP contribution in [0.1, 0.15) is 32.9 Å². The second-order valence-electron chi connectivity index (χ2n) is 7.11. The molecule has 0 atom stereocenters. The molecule has 2 aromatic rings. The van der Waals surface area contributed by atoms with Gasteiger partial charge in [-0.3, -0.25) is 9.59 Å². The number of hydrogen-bond donors (Lipinski definition) is 2. The molecule has 2 rings (SSSR count). The molecule has 1 aromatic heterocycles. The summed E-state index contributed by atoms with van der Waals surface area (Å²) in [7, 11) is 4.15. The third kappa shape index (κ3) is 6.45. The Balaban J connectivity index is 2.07. The average molecular weight is 390 g/mol. The standard InChI is InChI=1S/C20H28N4O2S/c1-14-7-9-17(10-8-14)19(26)24(12-6-11-23(4)5)13-18(25)22-20-21-15(2)16(3)27-20/h7-10H,6,11-13H2,1-5H3,(H,21,22,25)/p+1. The van der Waals surface area contributed by atoms with Gasteiger partial charge in [0.15, 0.2) is 5.13 Å². The number of nitrogens with zero attached hydrogens (tertiary/aromatic N) is 2. The second-order valence-corrected chi connectivity index (χ2v) is 8.32. The molecule has 0 aliphatic rings. The Hall–Kier alpha value is -2.25. The van der Waals surface area contributed by atoms with Crippen LogP contribution in [-0.2, 0) is 4.79 Å². The van der Waals surface area contributed by atoms with Crippen molar-refractivity contribution >= 4 is 28.3 Å². The normalized spacial score (nSPS) is 10.9. The highest BCUT2D eigenvalue weighted by atomic mass is 32.1. The first-order chi connectivity index (χ1) is 12.8. The van der Waals surface area contributed by atoms with Crippen molar-refractivity contribution in [3.63, 3.8) is 0 Å². The predicted molar refractivity (Wildman–Crippen MR) is 110 cm³/mol. The number of thiazole rings is 1. The van der Waals surface area contributed by atoms with E-state index in [9.17, 15) is 9.59 Å². The van der Waals surface area contributed by atoms with Crippen molar-refractivity contribution in [1.82, 2.24) is 9.88 Å². The molecule has 0 saturated heterocycles. The number of aromatic nitrogens is 1. The molecule has 0 bridgehead atoms. The topological polar surface area (TPSA) is 66.7 Å². The number of anilines is 1. The van der Waals surface area contributed by atoms with E-state index in [1.54, 1.807) is 4.90 Å². The first-order valence-corrected chi connectivity index (χ1v) is 9.96. The van der Waals surface area contributed by atoms with Crippen LogP contribution in [0, 0.1) is 20.8 Å². The van der Waals surface area contributed by atoms with Crippen LogP contribution in [0.3, 0.4) is 0 Å². The van der Waals surface area contributed by atoms with Crippen molar-refractivity contribution in [3.8, 4) is 0 Å². The Morgan fingerprint density at radius 2 is 1.81 bits per heavy atom. The number of hydrogen-bond acceptors (Lipinski definition) is 4. The van der Waals surface area contributed by atoms with Gasteiger partial charge in [-0.1, -0.05) is 17.7 Å². The highest BCUT2D eigenvalue weighted by Crippen LogP contribution is 2.21. The lowest BCUT2D eigenvalue weighted by atomic mass is 10.1. The maximum Gasteiger partial charge on any atom is 0.254 e. The van der Waals surface area contributed by atoms with Gasteiger partial charge in [0.2, 0.25) is 5.91 Å². The fourth-order valence-electron chi connectivity index (χ4n) is 2.61. The van der Waals surface area contributed by atoms with E-state index in [0.29, 0.717) is 17.2 Å². The third-order valence-electron chi connectivity index (χ3n) is 4.30. The Morgan fingerprint density at radius 1 is 1.15 bits per heavy atom. The monoisotopic (exact) mass is 389 g/mol. The molecule has 0 saturated carbocycles. The SMILES string of the molecule is Cc1ccc(C(=O)N(CCC[NH+](C)C)CC(=O)Nc2nc(C)c(C)s2)cc1. The van der Waals surface area contributed by atoms with E-state index < -0.39 is 0 Å². The van der Waals surface area contributed by atoms with Crippen LogP contribution < -0.4 is 10.2 Å².